The Hall–Kier alpha value is -1.84. The van der Waals surface area contributed by atoms with Gasteiger partial charge in [0.15, 0.2) is 5.92 Å². The molecular weight excluding hydrogens is 220 g/mol. The summed E-state index contributed by atoms with van der Waals surface area (Å²) >= 11 is 0. The lowest BCUT2D eigenvalue weighted by Crippen LogP contribution is -2.25. The summed E-state index contributed by atoms with van der Waals surface area (Å²) < 4.78 is 0. The third-order valence-electron chi connectivity index (χ3n) is 2.16. The number of hydrogen-bond donors (Lipinski definition) is 2. The standard InChI is InChI=1S/C11H12O4.C2H6/c1-7-2-4-8(5-3-7)6-9(10(12)13)11(14)15;1-2/h2-5,9H,6H2,1H3,(H,12,13)(H,14,15);1-2H3. The molecule has 1 aromatic rings. The number of benzene rings is 1. The van der Waals surface area contributed by atoms with Crippen LogP contribution in [0.3, 0.4) is 0 Å². The molecule has 0 heterocycles. The van der Waals surface area contributed by atoms with Crippen LogP contribution in [-0.2, 0) is 16.0 Å². The average Bonchev–Trinajstić information content (AvgIpc) is 2.30. The molecule has 1 aromatic carbocycles. The van der Waals surface area contributed by atoms with Crippen LogP contribution >= 0.6 is 0 Å². The highest BCUT2D eigenvalue weighted by atomic mass is 16.4. The van der Waals surface area contributed by atoms with E-state index in [1.807, 2.05) is 32.9 Å². The van der Waals surface area contributed by atoms with Gasteiger partial charge in [-0.1, -0.05) is 43.7 Å². The van der Waals surface area contributed by atoms with Crippen molar-refractivity contribution in [1.29, 1.82) is 0 Å². The molecule has 0 spiro atoms. The zero-order valence-electron chi connectivity index (χ0n) is 10.3. The Labute approximate surface area is 101 Å². The van der Waals surface area contributed by atoms with Gasteiger partial charge in [0.1, 0.15) is 0 Å². The minimum absolute atomic E-state index is 0.0188. The van der Waals surface area contributed by atoms with Crippen molar-refractivity contribution in [1.82, 2.24) is 0 Å². The van der Waals surface area contributed by atoms with Gasteiger partial charge in [-0.2, -0.15) is 0 Å². The van der Waals surface area contributed by atoms with Gasteiger partial charge in [-0.3, -0.25) is 9.59 Å². The highest BCUT2D eigenvalue weighted by Crippen LogP contribution is 2.10. The van der Waals surface area contributed by atoms with Gasteiger partial charge in [0.2, 0.25) is 0 Å². The second-order valence-electron chi connectivity index (χ2n) is 3.42. The Balaban J connectivity index is 0.00000121. The second-order valence-corrected chi connectivity index (χ2v) is 3.42. The normalized spacial score (nSPS) is 9.41. The molecule has 4 nitrogen and oxygen atoms in total. The fraction of sp³-hybridized carbons (Fsp3) is 0.385. The van der Waals surface area contributed by atoms with E-state index in [9.17, 15) is 9.59 Å². The summed E-state index contributed by atoms with van der Waals surface area (Å²) in [5.74, 6) is -3.97. The summed E-state index contributed by atoms with van der Waals surface area (Å²) in [7, 11) is 0. The number of aryl methyl sites for hydroxylation is 1. The first-order valence-corrected chi connectivity index (χ1v) is 5.52. The summed E-state index contributed by atoms with van der Waals surface area (Å²) in [5, 5.41) is 17.4. The molecule has 4 heteroatoms. The fourth-order valence-electron chi connectivity index (χ4n) is 1.24. The Morgan fingerprint density at radius 1 is 1.06 bits per heavy atom. The molecule has 0 radical (unpaired) electrons. The molecule has 0 aromatic heterocycles. The number of carbonyl (C=O) groups is 2. The highest BCUT2D eigenvalue weighted by Gasteiger charge is 2.25. The van der Waals surface area contributed by atoms with Crippen molar-refractivity contribution in [3.05, 3.63) is 35.4 Å². The summed E-state index contributed by atoms with van der Waals surface area (Å²) in [4.78, 5) is 21.3. The maximum Gasteiger partial charge on any atom is 0.318 e. The molecule has 0 bridgehead atoms. The lowest BCUT2D eigenvalue weighted by Gasteiger charge is -2.07. The second kappa shape index (κ2) is 7.44. The van der Waals surface area contributed by atoms with E-state index in [2.05, 4.69) is 0 Å². The Bertz CT molecular complexity index is 354. The van der Waals surface area contributed by atoms with Gasteiger partial charge in [-0.25, -0.2) is 0 Å². The van der Waals surface area contributed by atoms with Gasteiger partial charge in [0.05, 0.1) is 0 Å². The van der Waals surface area contributed by atoms with Crippen LogP contribution in [0.25, 0.3) is 0 Å². The molecule has 0 saturated carbocycles. The molecular formula is C13H18O4. The van der Waals surface area contributed by atoms with E-state index < -0.39 is 17.9 Å². The average molecular weight is 238 g/mol. The van der Waals surface area contributed by atoms with Gasteiger partial charge in [-0.05, 0) is 18.9 Å². The number of aliphatic carboxylic acids is 2. The van der Waals surface area contributed by atoms with Crippen LogP contribution in [0.4, 0.5) is 0 Å². The van der Waals surface area contributed by atoms with Crippen molar-refractivity contribution >= 4 is 11.9 Å². The number of carboxylic acids is 2. The van der Waals surface area contributed by atoms with Crippen LogP contribution in [-0.4, -0.2) is 22.2 Å². The van der Waals surface area contributed by atoms with Crippen LogP contribution < -0.4 is 0 Å². The number of carboxylic acid groups (broad SMARTS) is 2. The van der Waals surface area contributed by atoms with Crippen LogP contribution in [0.15, 0.2) is 24.3 Å². The van der Waals surface area contributed by atoms with Crippen LogP contribution in [0.2, 0.25) is 0 Å². The van der Waals surface area contributed by atoms with Crippen molar-refractivity contribution in [2.45, 2.75) is 27.2 Å². The zero-order chi connectivity index (χ0) is 13.4. The largest absolute Gasteiger partial charge is 0.481 e. The molecule has 0 atom stereocenters. The molecule has 0 aliphatic rings. The van der Waals surface area contributed by atoms with Crippen LogP contribution in [0.5, 0.6) is 0 Å². The SMILES string of the molecule is CC.Cc1ccc(CC(C(=O)O)C(=O)O)cc1. The Morgan fingerprint density at radius 2 is 1.47 bits per heavy atom. The quantitative estimate of drug-likeness (QED) is 0.789. The van der Waals surface area contributed by atoms with E-state index in [0.717, 1.165) is 11.1 Å². The summed E-state index contributed by atoms with van der Waals surface area (Å²) in [5.41, 5.74) is 1.77. The van der Waals surface area contributed by atoms with Crippen molar-refractivity contribution < 1.29 is 19.8 Å². The van der Waals surface area contributed by atoms with E-state index >= 15 is 0 Å². The van der Waals surface area contributed by atoms with Crippen molar-refractivity contribution in [3.8, 4) is 0 Å². The number of rotatable bonds is 4. The molecule has 94 valence electrons. The predicted molar refractivity (Wildman–Crippen MR) is 65.0 cm³/mol. The van der Waals surface area contributed by atoms with Crippen molar-refractivity contribution in [3.63, 3.8) is 0 Å². The van der Waals surface area contributed by atoms with Gasteiger partial charge in [-0.15, -0.1) is 0 Å². The van der Waals surface area contributed by atoms with Gasteiger partial charge < -0.3 is 10.2 Å². The maximum absolute atomic E-state index is 10.6. The summed E-state index contributed by atoms with van der Waals surface area (Å²) in [6.07, 6.45) is 0.0188. The lowest BCUT2D eigenvalue weighted by molar-refractivity contribution is -0.154. The first kappa shape index (κ1) is 15.2. The van der Waals surface area contributed by atoms with E-state index in [1.54, 1.807) is 12.1 Å². The van der Waals surface area contributed by atoms with E-state index in [0.29, 0.717) is 0 Å². The van der Waals surface area contributed by atoms with Crippen LogP contribution in [0, 0.1) is 12.8 Å². The Kier molecular flexibility index (Phi) is 6.63. The van der Waals surface area contributed by atoms with E-state index in [-0.39, 0.29) is 6.42 Å². The molecule has 2 N–H and O–H groups in total. The highest BCUT2D eigenvalue weighted by molar-refractivity contribution is 5.93. The van der Waals surface area contributed by atoms with E-state index in [1.165, 1.54) is 0 Å². The molecule has 17 heavy (non-hydrogen) atoms. The molecule has 0 saturated heterocycles. The van der Waals surface area contributed by atoms with Gasteiger partial charge in [0, 0.05) is 0 Å². The maximum atomic E-state index is 10.6. The smallest absolute Gasteiger partial charge is 0.318 e. The first-order valence-electron chi connectivity index (χ1n) is 5.52. The minimum Gasteiger partial charge on any atom is -0.481 e. The summed E-state index contributed by atoms with van der Waals surface area (Å²) in [6.45, 7) is 5.91. The molecule has 1 rings (SSSR count). The van der Waals surface area contributed by atoms with Gasteiger partial charge >= 0.3 is 11.9 Å². The topological polar surface area (TPSA) is 74.6 Å². The fourth-order valence-corrected chi connectivity index (χ4v) is 1.24. The predicted octanol–water partition coefficient (Wildman–Crippen LogP) is 2.35. The Morgan fingerprint density at radius 3 is 1.82 bits per heavy atom. The third kappa shape index (κ3) is 5.15. The number of hydrogen-bond acceptors (Lipinski definition) is 2. The zero-order valence-corrected chi connectivity index (χ0v) is 10.3. The van der Waals surface area contributed by atoms with Gasteiger partial charge in [0.25, 0.3) is 0 Å². The van der Waals surface area contributed by atoms with Crippen molar-refractivity contribution in [2.75, 3.05) is 0 Å². The molecule has 0 aliphatic heterocycles. The monoisotopic (exact) mass is 238 g/mol. The van der Waals surface area contributed by atoms with Crippen LogP contribution in [0.1, 0.15) is 25.0 Å². The summed E-state index contributed by atoms with van der Waals surface area (Å²) in [6, 6.07) is 7.15. The minimum atomic E-state index is -1.37. The lowest BCUT2D eigenvalue weighted by atomic mass is 9.99. The van der Waals surface area contributed by atoms with Crippen molar-refractivity contribution in [2.24, 2.45) is 5.92 Å². The van der Waals surface area contributed by atoms with E-state index in [4.69, 9.17) is 10.2 Å². The molecule has 0 aliphatic carbocycles. The first-order chi connectivity index (χ1) is 8.00. The molecule has 0 fully saturated rings. The third-order valence-corrected chi connectivity index (χ3v) is 2.16. The molecule has 0 unspecified atom stereocenters. The molecule has 0 amide bonds.